The minimum Gasteiger partial charge on any atom is -0.286 e. The van der Waals surface area contributed by atoms with Gasteiger partial charge in [-0.2, -0.15) is 8.42 Å². The monoisotopic (exact) mass is 321 g/mol. The summed E-state index contributed by atoms with van der Waals surface area (Å²) in [6, 6.07) is 0. The zero-order valence-corrected chi connectivity index (χ0v) is 12.7. The first-order valence-corrected chi connectivity index (χ1v) is 8.81. The fraction of sp³-hybridized carbons (Fsp3) is 0.727. The van der Waals surface area contributed by atoms with E-state index >= 15 is 0 Å². The zero-order valence-electron chi connectivity index (χ0n) is 11.1. The van der Waals surface area contributed by atoms with Crippen LogP contribution in [0, 0.1) is 5.92 Å². The first-order valence-electron chi connectivity index (χ1n) is 6.44. The second-order valence-corrected chi connectivity index (χ2v) is 7.31. The van der Waals surface area contributed by atoms with Gasteiger partial charge < -0.3 is 0 Å². The lowest BCUT2D eigenvalue weighted by Crippen LogP contribution is -2.25. The Morgan fingerprint density at radius 2 is 2.20 bits per heavy atom. The van der Waals surface area contributed by atoms with Crippen molar-refractivity contribution in [3.63, 3.8) is 0 Å². The van der Waals surface area contributed by atoms with Crippen molar-refractivity contribution in [3.05, 3.63) is 5.01 Å². The number of aromatic nitrogens is 2. The maximum Gasteiger partial charge on any atom is 0.302 e. The van der Waals surface area contributed by atoms with Crippen molar-refractivity contribution in [3.8, 4) is 0 Å². The van der Waals surface area contributed by atoms with Gasteiger partial charge in [-0.15, -0.1) is 14.1 Å². The smallest absolute Gasteiger partial charge is 0.286 e. The topological polar surface area (TPSA) is 80.2 Å². The minimum atomic E-state index is -4.55. The molecule has 1 aliphatic heterocycles. The standard InChI is InChI=1S/C11H16FN3O3S2/c1-2-3-4-9-13-14-11(19-9)15-6-8(5-10(15)16)7-20(12,17)18/h8H,2-7H2,1H3. The van der Waals surface area contributed by atoms with Crippen molar-refractivity contribution >= 4 is 32.6 Å². The highest BCUT2D eigenvalue weighted by Gasteiger charge is 2.35. The molecule has 1 amide bonds. The van der Waals surface area contributed by atoms with Crippen LogP contribution in [0.2, 0.25) is 0 Å². The van der Waals surface area contributed by atoms with Crippen molar-refractivity contribution in [2.75, 3.05) is 17.2 Å². The highest BCUT2D eigenvalue weighted by molar-refractivity contribution is 7.86. The number of nitrogens with zero attached hydrogens (tertiary/aromatic N) is 3. The van der Waals surface area contributed by atoms with Crippen LogP contribution in [0.3, 0.4) is 0 Å². The lowest BCUT2D eigenvalue weighted by Gasteiger charge is -2.11. The number of halogens is 1. The van der Waals surface area contributed by atoms with E-state index in [1.807, 2.05) is 0 Å². The molecule has 1 fully saturated rings. The third kappa shape index (κ3) is 3.95. The molecule has 1 aliphatic rings. The second kappa shape index (κ2) is 6.13. The molecule has 2 heterocycles. The van der Waals surface area contributed by atoms with Gasteiger partial charge in [0.25, 0.3) is 0 Å². The molecule has 0 spiro atoms. The molecule has 20 heavy (non-hydrogen) atoms. The van der Waals surface area contributed by atoms with Gasteiger partial charge in [0.1, 0.15) is 5.01 Å². The summed E-state index contributed by atoms with van der Waals surface area (Å²) in [6.45, 7) is 2.26. The van der Waals surface area contributed by atoms with Gasteiger partial charge in [-0.3, -0.25) is 9.69 Å². The molecule has 6 nitrogen and oxygen atoms in total. The molecule has 0 bridgehead atoms. The molecule has 1 saturated heterocycles. The normalized spacial score (nSPS) is 19.8. The number of hydrogen-bond donors (Lipinski definition) is 0. The molecule has 9 heteroatoms. The number of unbranched alkanes of at least 4 members (excludes halogenated alkanes) is 1. The Morgan fingerprint density at radius 1 is 1.45 bits per heavy atom. The summed E-state index contributed by atoms with van der Waals surface area (Å²) < 4.78 is 33.9. The van der Waals surface area contributed by atoms with Crippen LogP contribution in [-0.4, -0.2) is 36.8 Å². The Hall–Kier alpha value is -1.09. The van der Waals surface area contributed by atoms with Crippen molar-refractivity contribution in [1.29, 1.82) is 0 Å². The zero-order chi connectivity index (χ0) is 14.8. The molecule has 0 N–H and O–H groups in total. The Morgan fingerprint density at radius 3 is 2.85 bits per heavy atom. The minimum absolute atomic E-state index is 0.0347. The summed E-state index contributed by atoms with van der Waals surface area (Å²) >= 11 is 1.33. The van der Waals surface area contributed by atoms with E-state index in [-0.39, 0.29) is 18.9 Å². The van der Waals surface area contributed by atoms with Crippen molar-refractivity contribution < 1.29 is 17.1 Å². The van der Waals surface area contributed by atoms with Crippen LogP contribution in [0.25, 0.3) is 0 Å². The summed E-state index contributed by atoms with van der Waals surface area (Å²) in [5, 5.41) is 9.31. The fourth-order valence-electron chi connectivity index (χ4n) is 2.14. The van der Waals surface area contributed by atoms with E-state index in [0.29, 0.717) is 5.13 Å². The van der Waals surface area contributed by atoms with E-state index in [2.05, 4.69) is 17.1 Å². The Kier molecular flexibility index (Phi) is 4.69. The molecule has 2 rings (SSSR count). The van der Waals surface area contributed by atoms with Gasteiger partial charge in [-0.25, -0.2) is 0 Å². The Balaban J connectivity index is 2.02. The number of anilines is 1. The van der Waals surface area contributed by atoms with Crippen LogP contribution in [0.4, 0.5) is 9.02 Å². The number of hydrogen-bond acceptors (Lipinski definition) is 6. The van der Waals surface area contributed by atoms with E-state index < -0.39 is 21.9 Å². The lowest BCUT2D eigenvalue weighted by molar-refractivity contribution is -0.117. The molecule has 112 valence electrons. The van der Waals surface area contributed by atoms with E-state index in [1.165, 1.54) is 16.2 Å². The van der Waals surface area contributed by atoms with E-state index in [1.54, 1.807) is 0 Å². The average molecular weight is 321 g/mol. The van der Waals surface area contributed by atoms with Gasteiger partial charge in [0.05, 0.1) is 5.75 Å². The number of rotatable bonds is 6. The first-order chi connectivity index (χ1) is 9.39. The molecule has 1 unspecified atom stereocenters. The van der Waals surface area contributed by atoms with Crippen LogP contribution in [0.1, 0.15) is 31.2 Å². The lowest BCUT2D eigenvalue weighted by atomic mass is 10.1. The van der Waals surface area contributed by atoms with Crippen molar-refractivity contribution in [2.24, 2.45) is 5.92 Å². The Labute approximate surface area is 121 Å². The van der Waals surface area contributed by atoms with Crippen LogP contribution in [0.5, 0.6) is 0 Å². The van der Waals surface area contributed by atoms with Gasteiger partial charge in [-0.1, -0.05) is 24.7 Å². The fourth-order valence-corrected chi connectivity index (χ4v) is 3.84. The van der Waals surface area contributed by atoms with Crippen LogP contribution >= 0.6 is 11.3 Å². The number of amides is 1. The van der Waals surface area contributed by atoms with Gasteiger partial charge >= 0.3 is 10.2 Å². The van der Waals surface area contributed by atoms with Crippen molar-refractivity contribution in [2.45, 2.75) is 32.6 Å². The average Bonchev–Trinajstić information content (AvgIpc) is 2.91. The molecule has 0 radical (unpaired) electrons. The highest BCUT2D eigenvalue weighted by Crippen LogP contribution is 2.29. The van der Waals surface area contributed by atoms with Gasteiger partial charge in [0.15, 0.2) is 0 Å². The number of carbonyl (C=O) groups is 1. The summed E-state index contributed by atoms with van der Waals surface area (Å²) in [5.74, 6) is -1.35. The molecular weight excluding hydrogens is 305 g/mol. The molecule has 1 atom stereocenters. The maximum absolute atomic E-state index is 12.7. The predicted molar refractivity (Wildman–Crippen MR) is 73.9 cm³/mol. The quantitative estimate of drug-likeness (QED) is 0.742. The predicted octanol–water partition coefficient (Wildman–Crippen LogP) is 1.53. The molecule has 1 aromatic heterocycles. The third-order valence-corrected chi connectivity index (χ3v) is 4.95. The highest BCUT2D eigenvalue weighted by atomic mass is 32.3. The van der Waals surface area contributed by atoms with Crippen LogP contribution < -0.4 is 4.90 Å². The maximum atomic E-state index is 12.7. The number of carbonyl (C=O) groups excluding carboxylic acids is 1. The SMILES string of the molecule is CCCCc1nnc(N2CC(CS(=O)(=O)F)CC2=O)s1. The van der Waals surface area contributed by atoms with Gasteiger partial charge in [0, 0.05) is 25.3 Å². The van der Waals surface area contributed by atoms with E-state index in [0.717, 1.165) is 24.3 Å². The molecule has 1 aromatic rings. The second-order valence-electron chi connectivity index (χ2n) is 4.86. The summed E-state index contributed by atoms with van der Waals surface area (Å²) in [5.41, 5.74) is 0. The molecular formula is C11H16FN3O3S2. The first kappa shape index (κ1) is 15.3. The van der Waals surface area contributed by atoms with E-state index in [4.69, 9.17) is 0 Å². The molecule has 0 saturated carbocycles. The summed E-state index contributed by atoms with van der Waals surface area (Å²) in [7, 11) is -4.55. The largest absolute Gasteiger partial charge is 0.302 e. The van der Waals surface area contributed by atoms with Crippen LogP contribution in [-0.2, 0) is 21.4 Å². The molecule has 0 aliphatic carbocycles. The summed E-state index contributed by atoms with van der Waals surface area (Å²) in [6.07, 6.45) is 2.91. The third-order valence-electron chi connectivity index (χ3n) is 3.07. The number of aryl methyl sites for hydroxylation is 1. The van der Waals surface area contributed by atoms with Gasteiger partial charge in [0.2, 0.25) is 11.0 Å². The van der Waals surface area contributed by atoms with E-state index in [9.17, 15) is 17.1 Å². The van der Waals surface area contributed by atoms with Gasteiger partial charge in [-0.05, 0) is 6.42 Å². The Bertz CT molecular complexity index is 587. The van der Waals surface area contributed by atoms with Crippen molar-refractivity contribution in [1.82, 2.24) is 10.2 Å². The molecule has 0 aromatic carbocycles. The summed E-state index contributed by atoms with van der Waals surface area (Å²) in [4.78, 5) is 13.2. The van der Waals surface area contributed by atoms with Crippen LogP contribution in [0.15, 0.2) is 0 Å².